The van der Waals surface area contributed by atoms with E-state index in [4.69, 9.17) is 0 Å². The highest BCUT2D eigenvalue weighted by Gasteiger charge is 2.13. The quantitative estimate of drug-likeness (QED) is 0.663. The van der Waals surface area contributed by atoms with Gasteiger partial charge in [-0.1, -0.05) is 6.07 Å². The smallest absolute Gasteiger partial charge is 0.227 e. The van der Waals surface area contributed by atoms with Crippen LogP contribution >= 0.6 is 22.6 Å². The second-order valence-corrected chi connectivity index (χ2v) is 3.86. The number of hydrogen-bond donors (Lipinski definition) is 1. The molecule has 1 atom stereocenters. The molecule has 1 amide bonds. The van der Waals surface area contributed by atoms with Crippen LogP contribution in [0.2, 0.25) is 0 Å². The van der Waals surface area contributed by atoms with Crippen molar-refractivity contribution >= 4 is 28.5 Å². The summed E-state index contributed by atoms with van der Waals surface area (Å²) < 4.78 is 0.936. The number of nitrogens with one attached hydrogen (secondary N) is 1. The summed E-state index contributed by atoms with van der Waals surface area (Å²) in [6.45, 7) is 1.86. The van der Waals surface area contributed by atoms with Crippen LogP contribution in [0.1, 0.15) is 18.4 Å². The summed E-state index contributed by atoms with van der Waals surface area (Å²) in [5, 5.41) is 2.61. The van der Waals surface area contributed by atoms with E-state index in [1.165, 1.54) is 0 Å². The average Bonchev–Trinajstić information content (AvgIpc) is 2.17. The molecule has 13 heavy (non-hydrogen) atoms. The molecule has 0 radical (unpaired) electrons. The van der Waals surface area contributed by atoms with E-state index in [-0.39, 0.29) is 11.8 Å². The Morgan fingerprint density at radius 3 is 2.77 bits per heavy atom. The van der Waals surface area contributed by atoms with Crippen molar-refractivity contribution in [3.63, 3.8) is 0 Å². The Morgan fingerprint density at radius 1 is 1.62 bits per heavy atom. The van der Waals surface area contributed by atoms with Gasteiger partial charge in [-0.05, 0) is 41.1 Å². The van der Waals surface area contributed by atoms with Crippen molar-refractivity contribution in [2.45, 2.75) is 12.8 Å². The Balaban J connectivity index is 2.83. The van der Waals surface area contributed by atoms with Crippen molar-refractivity contribution in [1.29, 1.82) is 0 Å². The van der Waals surface area contributed by atoms with Gasteiger partial charge in [-0.3, -0.25) is 9.78 Å². The van der Waals surface area contributed by atoms with Gasteiger partial charge < -0.3 is 5.32 Å². The Morgan fingerprint density at radius 2 is 2.31 bits per heavy atom. The van der Waals surface area contributed by atoms with Crippen molar-refractivity contribution in [3.05, 3.63) is 27.6 Å². The monoisotopic (exact) mass is 290 g/mol. The number of pyridine rings is 1. The summed E-state index contributed by atoms with van der Waals surface area (Å²) in [5.41, 5.74) is 0.944. The molecule has 1 unspecified atom stereocenters. The van der Waals surface area contributed by atoms with Crippen molar-refractivity contribution in [2.75, 3.05) is 7.05 Å². The third-order valence-electron chi connectivity index (χ3n) is 1.89. The fraction of sp³-hybridized carbons (Fsp3) is 0.333. The largest absolute Gasteiger partial charge is 0.359 e. The van der Waals surface area contributed by atoms with Crippen molar-refractivity contribution < 1.29 is 4.79 Å². The molecule has 0 bridgehead atoms. The van der Waals surface area contributed by atoms with Gasteiger partial charge >= 0.3 is 0 Å². The molecule has 70 valence electrons. The average molecular weight is 290 g/mol. The molecular weight excluding hydrogens is 279 g/mol. The molecule has 0 saturated carbocycles. The minimum atomic E-state index is -0.130. The van der Waals surface area contributed by atoms with E-state index in [1.807, 2.05) is 19.1 Å². The lowest BCUT2D eigenvalue weighted by Gasteiger charge is -2.08. The second-order valence-electron chi connectivity index (χ2n) is 2.75. The van der Waals surface area contributed by atoms with Crippen molar-refractivity contribution in [2.24, 2.45) is 0 Å². The predicted octanol–water partition coefficient (Wildman–Crippen LogP) is 1.54. The molecule has 1 rings (SSSR count). The van der Waals surface area contributed by atoms with Crippen LogP contribution in [0.4, 0.5) is 0 Å². The Labute approximate surface area is 91.1 Å². The number of aromatic nitrogens is 1. The number of hydrogen-bond acceptors (Lipinski definition) is 2. The maximum Gasteiger partial charge on any atom is 0.227 e. The molecule has 1 N–H and O–H groups in total. The van der Waals surface area contributed by atoms with Gasteiger partial charge in [0.15, 0.2) is 0 Å². The Hall–Kier alpha value is -0.650. The van der Waals surface area contributed by atoms with Crippen molar-refractivity contribution in [3.8, 4) is 0 Å². The molecule has 0 saturated heterocycles. The molecule has 4 heteroatoms. The van der Waals surface area contributed by atoms with Gasteiger partial charge in [0.1, 0.15) is 3.70 Å². The first-order valence-electron chi connectivity index (χ1n) is 3.98. The van der Waals surface area contributed by atoms with Crippen LogP contribution in [0.3, 0.4) is 0 Å². The van der Waals surface area contributed by atoms with Crippen molar-refractivity contribution in [1.82, 2.24) is 10.3 Å². The van der Waals surface area contributed by atoms with Gasteiger partial charge in [0.25, 0.3) is 0 Å². The van der Waals surface area contributed by atoms with Gasteiger partial charge in [-0.25, -0.2) is 0 Å². The van der Waals surface area contributed by atoms with E-state index in [1.54, 1.807) is 13.2 Å². The Kier molecular flexibility index (Phi) is 3.65. The van der Waals surface area contributed by atoms with Crippen LogP contribution < -0.4 is 5.32 Å². The molecule has 1 aromatic rings. The van der Waals surface area contributed by atoms with Gasteiger partial charge in [0, 0.05) is 13.2 Å². The van der Waals surface area contributed by atoms with E-state index in [0.29, 0.717) is 0 Å². The first-order valence-corrected chi connectivity index (χ1v) is 5.06. The van der Waals surface area contributed by atoms with E-state index in [0.717, 1.165) is 9.26 Å². The molecule has 0 aliphatic rings. The summed E-state index contributed by atoms with van der Waals surface area (Å²) >= 11 is 2.13. The number of amides is 1. The van der Waals surface area contributed by atoms with E-state index in [2.05, 4.69) is 32.9 Å². The highest BCUT2D eigenvalue weighted by Crippen LogP contribution is 2.14. The zero-order valence-electron chi connectivity index (χ0n) is 7.54. The molecule has 0 aliphatic carbocycles. The van der Waals surface area contributed by atoms with Gasteiger partial charge in [-0.15, -0.1) is 0 Å². The first kappa shape index (κ1) is 10.4. The van der Waals surface area contributed by atoms with Crippen LogP contribution in [0, 0.1) is 3.70 Å². The maximum atomic E-state index is 11.3. The Bertz CT molecular complexity index is 297. The third kappa shape index (κ3) is 2.65. The number of likely N-dealkylation sites (N-methyl/N-ethyl adjacent to an activating group) is 1. The van der Waals surface area contributed by atoms with Crippen LogP contribution in [-0.4, -0.2) is 17.9 Å². The molecule has 0 fully saturated rings. The third-order valence-corrected chi connectivity index (χ3v) is 2.53. The normalized spacial score (nSPS) is 12.2. The summed E-state index contributed by atoms with van der Waals surface area (Å²) in [5.74, 6) is -0.113. The van der Waals surface area contributed by atoms with Gasteiger partial charge in [0.05, 0.1) is 5.92 Å². The minimum Gasteiger partial charge on any atom is -0.359 e. The maximum absolute atomic E-state index is 11.3. The topological polar surface area (TPSA) is 42.0 Å². The summed E-state index contributed by atoms with van der Waals surface area (Å²) in [6, 6.07) is 3.82. The van der Waals surface area contributed by atoms with Gasteiger partial charge in [0.2, 0.25) is 5.91 Å². The van der Waals surface area contributed by atoms with Crippen LogP contribution in [0.25, 0.3) is 0 Å². The summed E-state index contributed by atoms with van der Waals surface area (Å²) in [4.78, 5) is 15.4. The standard InChI is InChI=1S/C9H11IN2O/c1-6(9(13)11-2)7-3-4-8(10)12-5-7/h3-6H,1-2H3,(H,11,13). The minimum absolute atomic E-state index is 0.0167. The van der Waals surface area contributed by atoms with E-state index in [9.17, 15) is 4.79 Å². The predicted molar refractivity (Wildman–Crippen MR) is 59.4 cm³/mol. The molecule has 3 nitrogen and oxygen atoms in total. The van der Waals surface area contributed by atoms with Crippen LogP contribution in [-0.2, 0) is 4.79 Å². The zero-order valence-corrected chi connectivity index (χ0v) is 9.70. The highest BCUT2D eigenvalue weighted by atomic mass is 127. The number of nitrogens with zero attached hydrogens (tertiary/aromatic N) is 1. The number of carbonyl (C=O) groups excluding carboxylic acids is 1. The lowest BCUT2D eigenvalue weighted by Crippen LogP contribution is -2.23. The lowest BCUT2D eigenvalue weighted by molar-refractivity contribution is -0.121. The van der Waals surface area contributed by atoms with Gasteiger partial charge in [-0.2, -0.15) is 0 Å². The van der Waals surface area contributed by atoms with E-state index >= 15 is 0 Å². The SMILES string of the molecule is CNC(=O)C(C)c1ccc(I)nc1. The molecule has 1 heterocycles. The number of carbonyl (C=O) groups is 1. The molecular formula is C9H11IN2O. The molecule has 0 aromatic carbocycles. The van der Waals surface area contributed by atoms with Crippen LogP contribution in [0.15, 0.2) is 18.3 Å². The zero-order chi connectivity index (χ0) is 9.84. The second kappa shape index (κ2) is 4.55. The molecule has 1 aromatic heterocycles. The summed E-state index contributed by atoms with van der Waals surface area (Å²) in [6.07, 6.45) is 1.74. The number of rotatable bonds is 2. The first-order chi connectivity index (χ1) is 6.15. The highest BCUT2D eigenvalue weighted by molar-refractivity contribution is 14.1. The fourth-order valence-electron chi connectivity index (χ4n) is 1.01. The van der Waals surface area contributed by atoms with E-state index < -0.39 is 0 Å². The molecule has 0 spiro atoms. The lowest BCUT2D eigenvalue weighted by atomic mass is 10.0. The molecule has 0 aliphatic heterocycles. The van der Waals surface area contributed by atoms with Crippen LogP contribution in [0.5, 0.6) is 0 Å². The number of halogens is 1. The summed E-state index contributed by atoms with van der Waals surface area (Å²) in [7, 11) is 1.64. The fourth-order valence-corrected chi connectivity index (χ4v) is 1.33.